The molecule has 4 heterocycles. The molecule has 5 rings (SSSR count). The molecule has 0 bridgehead atoms. The van der Waals surface area contributed by atoms with Gasteiger partial charge in [0.25, 0.3) is 0 Å². The van der Waals surface area contributed by atoms with E-state index in [0.717, 1.165) is 38.9 Å². The van der Waals surface area contributed by atoms with Gasteiger partial charge in [0, 0.05) is 58.6 Å². The van der Waals surface area contributed by atoms with Gasteiger partial charge in [0.2, 0.25) is 0 Å². The molecule has 1 aromatic carbocycles. The molecule has 154 valence electrons. The van der Waals surface area contributed by atoms with Crippen LogP contribution in [-0.4, -0.2) is 43.9 Å². The number of nitrogens with one attached hydrogen (secondary N) is 1. The Morgan fingerprint density at radius 3 is 2.55 bits per heavy atom. The number of methoxy groups -OCH3 is 2. The molecular formula is C23H20N6O2. The lowest BCUT2D eigenvalue weighted by molar-refractivity contribution is 0.355. The lowest BCUT2D eigenvalue weighted by Crippen LogP contribution is -2.00. The molecule has 0 aliphatic heterocycles. The standard InChI is InChI=1S/C23H20N6O2/c1-30-21-4-3-16(6-22(21)31-2)17-5-19-20(11-27-23(19)26-9-17)18-10-28-29(13-18)12-15-7-24-14-25-8-15/h3-11,13-14H,12H2,1-2H3,(H,26,27). The third-order valence-electron chi connectivity index (χ3n) is 5.15. The Kier molecular flexibility index (Phi) is 4.80. The second-order valence-electron chi connectivity index (χ2n) is 7.07. The number of nitrogens with zero attached hydrogens (tertiary/aromatic N) is 5. The Bertz CT molecular complexity index is 1340. The first-order valence-electron chi connectivity index (χ1n) is 9.71. The van der Waals surface area contributed by atoms with Crippen molar-refractivity contribution in [3.05, 3.63) is 73.3 Å². The Labute approximate surface area is 178 Å². The monoisotopic (exact) mass is 412 g/mol. The summed E-state index contributed by atoms with van der Waals surface area (Å²) in [6.07, 6.45) is 12.8. The fourth-order valence-corrected chi connectivity index (χ4v) is 3.60. The summed E-state index contributed by atoms with van der Waals surface area (Å²) in [4.78, 5) is 16.0. The number of hydrogen-bond acceptors (Lipinski definition) is 6. The van der Waals surface area contributed by atoms with Gasteiger partial charge in [0.15, 0.2) is 11.5 Å². The van der Waals surface area contributed by atoms with Gasteiger partial charge in [-0.05, 0) is 23.8 Å². The quantitative estimate of drug-likeness (QED) is 0.454. The van der Waals surface area contributed by atoms with Gasteiger partial charge in [-0.3, -0.25) is 4.68 Å². The predicted octanol–water partition coefficient (Wildman–Crippen LogP) is 3.95. The van der Waals surface area contributed by atoms with Gasteiger partial charge >= 0.3 is 0 Å². The number of rotatable bonds is 6. The first-order valence-corrected chi connectivity index (χ1v) is 9.71. The number of aromatic nitrogens is 6. The maximum absolute atomic E-state index is 5.44. The van der Waals surface area contributed by atoms with Gasteiger partial charge in [-0.1, -0.05) is 6.07 Å². The maximum Gasteiger partial charge on any atom is 0.161 e. The van der Waals surface area contributed by atoms with Gasteiger partial charge in [0.1, 0.15) is 12.0 Å². The molecule has 0 aliphatic rings. The van der Waals surface area contributed by atoms with Gasteiger partial charge in [-0.15, -0.1) is 0 Å². The zero-order valence-corrected chi connectivity index (χ0v) is 17.1. The van der Waals surface area contributed by atoms with Crippen molar-refractivity contribution in [2.75, 3.05) is 14.2 Å². The van der Waals surface area contributed by atoms with Crippen molar-refractivity contribution >= 4 is 11.0 Å². The summed E-state index contributed by atoms with van der Waals surface area (Å²) in [5.74, 6) is 1.37. The Morgan fingerprint density at radius 2 is 1.74 bits per heavy atom. The molecule has 0 aliphatic carbocycles. The van der Waals surface area contributed by atoms with Gasteiger partial charge in [-0.2, -0.15) is 5.10 Å². The molecule has 0 spiro atoms. The van der Waals surface area contributed by atoms with Crippen molar-refractivity contribution < 1.29 is 9.47 Å². The number of aromatic amines is 1. The van der Waals surface area contributed by atoms with E-state index in [-0.39, 0.29) is 0 Å². The normalized spacial score (nSPS) is 11.0. The summed E-state index contributed by atoms with van der Waals surface area (Å²) in [5, 5.41) is 5.52. The Balaban J connectivity index is 1.50. The molecule has 0 saturated carbocycles. The van der Waals surface area contributed by atoms with E-state index in [0.29, 0.717) is 18.0 Å². The van der Waals surface area contributed by atoms with Crippen LogP contribution in [0.4, 0.5) is 0 Å². The average Bonchev–Trinajstić information content (AvgIpc) is 3.45. The Morgan fingerprint density at radius 1 is 0.903 bits per heavy atom. The maximum atomic E-state index is 5.44. The summed E-state index contributed by atoms with van der Waals surface area (Å²) in [6, 6.07) is 7.97. The summed E-state index contributed by atoms with van der Waals surface area (Å²) in [5.41, 5.74) is 5.86. The van der Waals surface area contributed by atoms with Crippen LogP contribution in [0.3, 0.4) is 0 Å². The number of ether oxygens (including phenoxy) is 2. The van der Waals surface area contributed by atoms with Crippen LogP contribution in [-0.2, 0) is 6.54 Å². The summed E-state index contributed by atoms with van der Waals surface area (Å²) in [6.45, 7) is 0.609. The van der Waals surface area contributed by atoms with Crippen molar-refractivity contribution in [3.63, 3.8) is 0 Å². The highest BCUT2D eigenvalue weighted by atomic mass is 16.5. The smallest absolute Gasteiger partial charge is 0.161 e. The van der Waals surface area contributed by atoms with E-state index in [4.69, 9.17) is 9.47 Å². The lowest BCUT2D eigenvalue weighted by Gasteiger charge is -2.09. The fraction of sp³-hybridized carbons (Fsp3) is 0.130. The minimum absolute atomic E-state index is 0.609. The number of hydrogen-bond donors (Lipinski definition) is 1. The van der Waals surface area contributed by atoms with Gasteiger partial charge in [-0.25, -0.2) is 15.0 Å². The van der Waals surface area contributed by atoms with E-state index < -0.39 is 0 Å². The SMILES string of the molecule is COc1ccc(-c2cnc3[nH]cc(-c4cnn(Cc5cncnc5)c4)c3c2)cc1OC. The molecular weight excluding hydrogens is 392 g/mol. The minimum Gasteiger partial charge on any atom is -0.493 e. The van der Waals surface area contributed by atoms with Crippen molar-refractivity contribution in [1.82, 2.24) is 29.7 Å². The van der Waals surface area contributed by atoms with Crippen molar-refractivity contribution in [2.24, 2.45) is 0 Å². The molecule has 8 nitrogen and oxygen atoms in total. The number of pyridine rings is 1. The van der Waals surface area contributed by atoms with E-state index in [2.05, 4.69) is 31.1 Å². The number of benzene rings is 1. The molecule has 31 heavy (non-hydrogen) atoms. The first kappa shape index (κ1) is 18.8. The van der Waals surface area contributed by atoms with Gasteiger partial charge in [0.05, 0.1) is 27.0 Å². The van der Waals surface area contributed by atoms with E-state index in [9.17, 15) is 0 Å². The van der Waals surface area contributed by atoms with Crippen LogP contribution in [0.15, 0.2) is 67.8 Å². The van der Waals surface area contributed by atoms with Crippen LogP contribution < -0.4 is 9.47 Å². The fourth-order valence-electron chi connectivity index (χ4n) is 3.60. The summed E-state index contributed by atoms with van der Waals surface area (Å²) < 4.78 is 12.7. The zero-order chi connectivity index (χ0) is 21.2. The molecule has 0 radical (unpaired) electrons. The third-order valence-corrected chi connectivity index (χ3v) is 5.15. The average molecular weight is 412 g/mol. The molecule has 0 saturated heterocycles. The molecule has 1 N–H and O–H groups in total. The topological polar surface area (TPSA) is 90.7 Å². The molecule has 8 heteroatoms. The van der Waals surface area contributed by atoms with Crippen LogP contribution in [0.2, 0.25) is 0 Å². The molecule has 0 atom stereocenters. The van der Waals surface area contributed by atoms with Crippen LogP contribution in [0.5, 0.6) is 11.5 Å². The molecule has 0 amide bonds. The van der Waals surface area contributed by atoms with E-state index in [1.54, 1.807) is 26.6 Å². The number of fused-ring (bicyclic) bond motifs is 1. The van der Waals surface area contributed by atoms with E-state index in [1.165, 1.54) is 6.33 Å². The second kappa shape index (κ2) is 7.91. The van der Waals surface area contributed by atoms with Gasteiger partial charge < -0.3 is 14.5 Å². The van der Waals surface area contributed by atoms with Crippen molar-refractivity contribution in [2.45, 2.75) is 6.54 Å². The van der Waals surface area contributed by atoms with Crippen LogP contribution >= 0.6 is 0 Å². The van der Waals surface area contributed by atoms with E-state index >= 15 is 0 Å². The zero-order valence-electron chi connectivity index (χ0n) is 17.1. The second-order valence-corrected chi connectivity index (χ2v) is 7.07. The summed E-state index contributed by atoms with van der Waals surface area (Å²) >= 11 is 0. The van der Waals surface area contributed by atoms with E-state index in [1.807, 2.05) is 47.7 Å². The highest BCUT2D eigenvalue weighted by Crippen LogP contribution is 2.35. The molecule has 0 unspecified atom stereocenters. The highest BCUT2D eigenvalue weighted by molar-refractivity contribution is 5.95. The lowest BCUT2D eigenvalue weighted by atomic mass is 10.0. The number of H-pyrrole nitrogens is 1. The van der Waals surface area contributed by atoms with Crippen molar-refractivity contribution in [1.29, 1.82) is 0 Å². The molecule has 0 fully saturated rings. The van der Waals surface area contributed by atoms with Crippen LogP contribution in [0.1, 0.15) is 5.56 Å². The summed E-state index contributed by atoms with van der Waals surface area (Å²) in [7, 11) is 3.26. The Hall–Kier alpha value is -4.20. The molecule has 5 aromatic rings. The first-order chi connectivity index (χ1) is 15.2. The minimum atomic E-state index is 0.609. The molecule has 4 aromatic heterocycles. The van der Waals surface area contributed by atoms with Crippen LogP contribution in [0, 0.1) is 0 Å². The largest absolute Gasteiger partial charge is 0.493 e. The van der Waals surface area contributed by atoms with Crippen molar-refractivity contribution in [3.8, 4) is 33.8 Å². The predicted molar refractivity (Wildman–Crippen MR) is 117 cm³/mol. The van der Waals surface area contributed by atoms with Crippen LogP contribution in [0.25, 0.3) is 33.3 Å². The third kappa shape index (κ3) is 3.59. The highest BCUT2D eigenvalue weighted by Gasteiger charge is 2.12.